The van der Waals surface area contributed by atoms with Crippen LogP contribution in [0, 0.1) is 5.92 Å². The van der Waals surface area contributed by atoms with E-state index in [1.165, 1.54) is 32.1 Å². The van der Waals surface area contributed by atoms with E-state index in [1.54, 1.807) is 0 Å². The number of piperidine rings is 1. The molecule has 3 unspecified atom stereocenters. The fraction of sp³-hybridized carbons (Fsp3) is 0.923. The lowest BCUT2D eigenvalue weighted by Crippen LogP contribution is -2.57. The maximum absolute atomic E-state index is 12.1. The van der Waals surface area contributed by atoms with E-state index in [9.17, 15) is 4.79 Å². The molecule has 1 aliphatic heterocycles. The zero-order chi connectivity index (χ0) is 11.6. The molecular formula is C13H25ClN2O. The maximum atomic E-state index is 12.1. The van der Waals surface area contributed by atoms with Crippen molar-refractivity contribution in [3.63, 3.8) is 0 Å². The zero-order valence-electron chi connectivity index (χ0n) is 10.9. The number of hydrogen-bond donors (Lipinski definition) is 2. The Morgan fingerprint density at radius 1 is 1.47 bits per heavy atom. The van der Waals surface area contributed by atoms with Crippen LogP contribution in [0.3, 0.4) is 0 Å². The zero-order valence-corrected chi connectivity index (χ0v) is 11.7. The van der Waals surface area contributed by atoms with Crippen LogP contribution in [0.2, 0.25) is 0 Å². The highest BCUT2D eigenvalue weighted by Crippen LogP contribution is 2.35. The first kappa shape index (κ1) is 14.8. The molecule has 1 saturated heterocycles. The molecule has 2 rings (SSSR count). The number of halogens is 1. The third-order valence-corrected chi connectivity index (χ3v) is 4.02. The van der Waals surface area contributed by atoms with E-state index in [4.69, 9.17) is 0 Å². The summed E-state index contributed by atoms with van der Waals surface area (Å²) in [5.41, 5.74) is -0.308. The molecule has 17 heavy (non-hydrogen) atoms. The topological polar surface area (TPSA) is 41.1 Å². The van der Waals surface area contributed by atoms with E-state index >= 15 is 0 Å². The van der Waals surface area contributed by atoms with Crippen LogP contribution in [0.15, 0.2) is 0 Å². The van der Waals surface area contributed by atoms with Crippen molar-refractivity contribution in [3.8, 4) is 0 Å². The van der Waals surface area contributed by atoms with Gasteiger partial charge in [0, 0.05) is 6.04 Å². The predicted octanol–water partition coefficient (Wildman–Crippen LogP) is 2.25. The molecule has 0 radical (unpaired) electrons. The Kier molecular flexibility index (Phi) is 5.26. The van der Waals surface area contributed by atoms with Crippen LogP contribution < -0.4 is 10.6 Å². The van der Waals surface area contributed by atoms with E-state index in [1.807, 2.05) is 6.92 Å². The largest absolute Gasteiger partial charge is 0.351 e. The molecule has 0 aromatic carbocycles. The van der Waals surface area contributed by atoms with Gasteiger partial charge in [0.2, 0.25) is 5.91 Å². The molecule has 0 aromatic heterocycles. The molecule has 3 nitrogen and oxygen atoms in total. The minimum atomic E-state index is -0.308. The van der Waals surface area contributed by atoms with Gasteiger partial charge < -0.3 is 10.6 Å². The number of nitrogens with one attached hydrogen (secondary N) is 2. The first-order valence-electron chi connectivity index (χ1n) is 6.72. The van der Waals surface area contributed by atoms with Gasteiger partial charge in [-0.2, -0.15) is 0 Å². The first-order chi connectivity index (χ1) is 7.65. The molecule has 1 amide bonds. The number of hydrogen-bond acceptors (Lipinski definition) is 2. The van der Waals surface area contributed by atoms with Crippen LogP contribution in [-0.2, 0) is 4.79 Å². The Morgan fingerprint density at radius 2 is 2.24 bits per heavy atom. The molecule has 1 heterocycles. The Balaban J connectivity index is 0.00000144. The van der Waals surface area contributed by atoms with Crippen molar-refractivity contribution < 1.29 is 4.79 Å². The summed E-state index contributed by atoms with van der Waals surface area (Å²) >= 11 is 0. The number of rotatable bonds is 4. The molecule has 2 aliphatic rings. The Morgan fingerprint density at radius 3 is 2.82 bits per heavy atom. The van der Waals surface area contributed by atoms with Gasteiger partial charge in [0.05, 0.1) is 5.54 Å². The smallest absolute Gasteiger partial charge is 0.240 e. The normalized spacial score (nSPS) is 35.9. The van der Waals surface area contributed by atoms with Gasteiger partial charge in [0.1, 0.15) is 0 Å². The average Bonchev–Trinajstić information content (AvgIpc) is 2.98. The maximum Gasteiger partial charge on any atom is 0.240 e. The lowest BCUT2D eigenvalue weighted by Gasteiger charge is -2.33. The molecule has 1 aliphatic carbocycles. The highest BCUT2D eigenvalue weighted by Gasteiger charge is 2.41. The quantitative estimate of drug-likeness (QED) is 0.814. The number of amides is 1. The van der Waals surface area contributed by atoms with Crippen LogP contribution in [0.1, 0.15) is 52.4 Å². The summed E-state index contributed by atoms with van der Waals surface area (Å²) in [6, 6.07) is 0.466. The van der Waals surface area contributed by atoms with Gasteiger partial charge in [-0.3, -0.25) is 4.79 Å². The Hall–Kier alpha value is -0.280. The Labute approximate surface area is 111 Å². The third-order valence-electron chi connectivity index (χ3n) is 4.02. The van der Waals surface area contributed by atoms with Crippen molar-refractivity contribution >= 4 is 18.3 Å². The molecule has 1 saturated carbocycles. The van der Waals surface area contributed by atoms with E-state index in [0.717, 1.165) is 18.9 Å². The lowest BCUT2D eigenvalue weighted by atomic mass is 9.90. The SMILES string of the molecule is CCCC1CC1NC(=O)C1(C)CCCCN1.Cl. The summed E-state index contributed by atoms with van der Waals surface area (Å²) < 4.78 is 0. The van der Waals surface area contributed by atoms with Crippen LogP contribution >= 0.6 is 12.4 Å². The van der Waals surface area contributed by atoms with Crippen molar-refractivity contribution in [1.29, 1.82) is 0 Å². The second-order valence-corrected chi connectivity index (χ2v) is 5.58. The molecule has 2 fully saturated rings. The number of carbonyl (C=O) groups is 1. The summed E-state index contributed by atoms with van der Waals surface area (Å²) in [4.78, 5) is 12.1. The number of carbonyl (C=O) groups excluding carboxylic acids is 1. The van der Waals surface area contributed by atoms with Crippen molar-refractivity contribution in [2.24, 2.45) is 5.92 Å². The monoisotopic (exact) mass is 260 g/mol. The summed E-state index contributed by atoms with van der Waals surface area (Å²) in [5, 5.41) is 6.56. The van der Waals surface area contributed by atoms with Gasteiger partial charge in [-0.15, -0.1) is 12.4 Å². The van der Waals surface area contributed by atoms with E-state index in [-0.39, 0.29) is 23.9 Å². The van der Waals surface area contributed by atoms with Crippen molar-refractivity contribution in [2.45, 2.75) is 64.0 Å². The second-order valence-electron chi connectivity index (χ2n) is 5.58. The van der Waals surface area contributed by atoms with Gasteiger partial charge in [-0.25, -0.2) is 0 Å². The molecule has 100 valence electrons. The summed E-state index contributed by atoms with van der Waals surface area (Å²) in [7, 11) is 0. The first-order valence-corrected chi connectivity index (χ1v) is 6.72. The van der Waals surface area contributed by atoms with E-state index in [0.29, 0.717) is 6.04 Å². The van der Waals surface area contributed by atoms with E-state index in [2.05, 4.69) is 17.6 Å². The third kappa shape index (κ3) is 3.59. The highest BCUT2D eigenvalue weighted by atomic mass is 35.5. The summed E-state index contributed by atoms with van der Waals surface area (Å²) in [6.45, 7) is 5.23. The van der Waals surface area contributed by atoms with Gasteiger partial charge in [0.25, 0.3) is 0 Å². The fourth-order valence-electron chi connectivity index (χ4n) is 2.69. The second kappa shape index (κ2) is 6.05. The van der Waals surface area contributed by atoms with Gasteiger partial charge >= 0.3 is 0 Å². The molecule has 0 aromatic rings. The van der Waals surface area contributed by atoms with Crippen molar-refractivity contribution in [1.82, 2.24) is 10.6 Å². The molecule has 3 atom stereocenters. The lowest BCUT2D eigenvalue weighted by molar-refractivity contribution is -0.128. The summed E-state index contributed by atoms with van der Waals surface area (Å²) in [5.74, 6) is 0.969. The molecule has 0 spiro atoms. The predicted molar refractivity (Wildman–Crippen MR) is 72.5 cm³/mol. The van der Waals surface area contributed by atoms with Crippen LogP contribution in [0.4, 0.5) is 0 Å². The minimum absolute atomic E-state index is 0. The minimum Gasteiger partial charge on any atom is -0.351 e. The molecule has 0 bridgehead atoms. The van der Waals surface area contributed by atoms with E-state index < -0.39 is 0 Å². The summed E-state index contributed by atoms with van der Waals surface area (Å²) in [6.07, 6.45) is 7.02. The van der Waals surface area contributed by atoms with Gasteiger partial charge in [0.15, 0.2) is 0 Å². The Bertz CT molecular complexity index is 264. The van der Waals surface area contributed by atoms with Gasteiger partial charge in [-0.1, -0.05) is 13.3 Å². The highest BCUT2D eigenvalue weighted by molar-refractivity contribution is 5.86. The van der Waals surface area contributed by atoms with Crippen molar-refractivity contribution in [3.05, 3.63) is 0 Å². The van der Waals surface area contributed by atoms with Gasteiger partial charge in [-0.05, 0) is 51.5 Å². The fourth-order valence-corrected chi connectivity index (χ4v) is 2.69. The van der Waals surface area contributed by atoms with Crippen LogP contribution in [0.25, 0.3) is 0 Å². The molecular weight excluding hydrogens is 236 g/mol. The molecule has 2 N–H and O–H groups in total. The molecule has 4 heteroatoms. The average molecular weight is 261 g/mol. The van der Waals surface area contributed by atoms with Crippen LogP contribution in [0.5, 0.6) is 0 Å². The van der Waals surface area contributed by atoms with Crippen LogP contribution in [-0.4, -0.2) is 24.0 Å². The standard InChI is InChI=1S/C13H24N2O.ClH/c1-3-6-10-9-11(10)15-12(16)13(2)7-4-5-8-14-13;/h10-11,14H,3-9H2,1-2H3,(H,15,16);1H. The van der Waals surface area contributed by atoms with Crippen molar-refractivity contribution in [2.75, 3.05) is 6.54 Å².